The molecule has 4 nitrogen and oxygen atoms in total. The molecule has 1 aromatic carbocycles. The minimum Gasteiger partial charge on any atom is -0.369 e. The van der Waals surface area contributed by atoms with Gasteiger partial charge in [-0.05, 0) is 77.7 Å². The zero-order valence-corrected chi connectivity index (χ0v) is 26.6. The lowest BCUT2D eigenvalue weighted by Gasteiger charge is -2.38. The number of nitrogens with one attached hydrogen (secondary N) is 1. The molecule has 0 amide bonds. The largest absolute Gasteiger partial charge is 0.369 e. The third-order valence-corrected chi connectivity index (χ3v) is 6.81. The van der Waals surface area contributed by atoms with Crippen molar-refractivity contribution in [2.75, 3.05) is 19.6 Å². The van der Waals surface area contributed by atoms with E-state index >= 15 is 0 Å². The highest BCUT2D eigenvalue weighted by Crippen LogP contribution is 2.31. The number of hydrogen-bond acceptors (Lipinski definition) is 4. The van der Waals surface area contributed by atoms with E-state index in [1.54, 1.807) is 6.07 Å². The van der Waals surface area contributed by atoms with Crippen LogP contribution < -0.4 is 5.32 Å². The zero-order valence-electron chi connectivity index (χ0n) is 26.6. The smallest absolute Gasteiger partial charge is 0.131 e. The molecule has 1 aromatic rings. The molecular weight excluding hydrogens is 507 g/mol. The highest BCUT2D eigenvalue weighted by atomic mass is 19.1. The summed E-state index contributed by atoms with van der Waals surface area (Å²) in [6, 6.07) is 9.53. The van der Waals surface area contributed by atoms with Crippen LogP contribution in [0.4, 0.5) is 4.39 Å². The van der Waals surface area contributed by atoms with Gasteiger partial charge in [0, 0.05) is 54.4 Å². The van der Waals surface area contributed by atoms with E-state index in [9.17, 15) is 4.39 Å². The van der Waals surface area contributed by atoms with Crippen LogP contribution >= 0.6 is 0 Å². The molecule has 222 valence electrons. The number of rotatable bonds is 11. The summed E-state index contributed by atoms with van der Waals surface area (Å²) in [6.07, 6.45) is 17.8. The molecule has 0 radical (unpaired) electrons. The third kappa shape index (κ3) is 12.3. The summed E-state index contributed by atoms with van der Waals surface area (Å²) in [7, 11) is 0. The molecule has 41 heavy (non-hydrogen) atoms. The van der Waals surface area contributed by atoms with Crippen LogP contribution in [0, 0.1) is 17.1 Å². The normalized spacial score (nSPS) is 17.9. The number of hydrogen-bond donors (Lipinski definition) is 1. The lowest BCUT2D eigenvalue weighted by Crippen LogP contribution is -2.49. The fourth-order valence-corrected chi connectivity index (χ4v) is 4.74. The standard InChI is InChI=1S/C23H32FN3.C13H19N/c1-6-8-13-26-18(4)23(19(5)27-15-14-25-16-17(27)3)20(7-2)21-11-9-10-12-22(21)24;1-4-6-7-9-13(11-14)10-12(3)8-5-2/h7-13,17,25H,6,14-16H2,1-5H3;6-7,9-10H,4-5,8H2,1-3H3/b13-8+,20-7-,23-19-,26-18+;7-6+,12-10+,13-9+. The summed E-state index contributed by atoms with van der Waals surface area (Å²) < 4.78 is 14.6. The average Bonchev–Trinajstić information content (AvgIpc) is 2.96. The molecule has 1 atom stereocenters. The number of aliphatic imine (C=N–C) groups is 1. The van der Waals surface area contributed by atoms with E-state index < -0.39 is 0 Å². The molecule has 1 N–H and O–H groups in total. The summed E-state index contributed by atoms with van der Waals surface area (Å²) in [6.45, 7) is 19.5. The minimum atomic E-state index is -0.207. The highest BCUT2D eigenvalue weighted by Gasteiger charge is 2.24. The second kappa shape index (κ2) is 20.4. The fourth-order valence-electron chi connectivity index (χ4n) is 4.74. The van der Waals surface area contributed by atoms with Crippen LogP contribution in [0.25, 0.3) is 5.57 Å². The van der Waals surface area contributed by atoms with Crippen molar-refractivity contribution in [3.05, 3.63) is 101 Å². The van der Waals surface area contributed by atoms with Crippen molar-refractivity contribution in [1.29, 1.82) is 5.26 Å². The molecule has 5 heteroatoms. The number of nitriles is 1. The molecule has 0 aliphatic carbocycles. The topological polar surface area (TPSA) is 51.4 Å². The molecule has 0 aromatic heterocycles. The predicted molar refractivity (Wildman–Crippen MR) is 176 cm³/mol. The average molecular weight is 559 g/mol. The van der Waals surface area contributed by atoms with Crippen molar-refractivity contribution >= 4 is 11.3 Å². The van der Waals surface area contributed by atoms with Gasteiger partial charge >= 0.3 is 0 Å². The van der Waals surface area contributed by atoms with Crippen molar-refractivity contribution in [2.24, 2.45) is 4.99 Å². The van der Waals surface area contributed by atoms with Crippen molar-refractivity contribution in [3.8, 4) is 6.07 Å². The van der Waals surface area contributed by atoms with Gasteiger partial charge in [0.2, 0.25) is 0 Å². The Morgan fingerprint density at radius 3 is 2.44 bits per heavy atom. The second-order valence-electron chi connectivity index (χ2n) is 10.2. The molecule has 2 rings (SSSR count). The Hall–Kier alpha value is -3.49. The lowest BCUT2D eigenvalue weighted by atomic mass is 9.91. The number of halogens is 1. The quantitative estimate of drug-likeness (QED) is 0.167. The molecular formula is C36H51FN4. The Morgan fingerprint density at radius 2 is 1.85 bits per heavy atom. The van der Waals surface area contributed by atoms with Crippen molar-refractivity contribution in [1.82, 2.24) is 10.2 Å². The van der Waals surface area contributed by atoms with Crippen LogP contribution in [0.15, 0.2) is 94.3 Å². The Balaban J connectivity index is 0.000000509. The Bertz CT molecular complexity index is 1200. The van der Waals surface area contributed by atoms with Gasteiger partial charge in [0.05, 0.1) is 11.6 Å². The fraction of sp³-hybridized carbons (Fsp3) is 0.444. The maximum absolute atomic E-state index is 14.6. The summed E-state index contributed by atoms with van der Waals surface area (Å²) in [5.74, 6) is -0.207. The predicted octanol–water partition coefficient (Wildman–Crippen LogP) is 9.33. The van der Waals surface area contributed by atoms with Gasteiger partial charge in [-0.25, -0.2) is 4.39 Å². The lowest BCUT2D eigenvalue weighted by molar-refractivity contribution is 0.223. The Kier molecular flexibility index (Phi) is 17.7. The number of piperazine rings is 1. The number of nitrogens with zero attached hydrogens (tertiary/aromatic N) is 3. The van der Waals surface area contributed by atoms with E-state index in [0.29, 0.717) is 11.6 Å². The first-order chi connectivity index (χ1) is 19.7. The van der Waals surface area contributed by atoms with Gasteiger partial charge < -0.3 is 10.2 Å². The van der Waals surface area contributed by atoms with Crippen LogP contribution in [0.5, 0.6) is 0 Å². The maximum Gasteiger partial charge on any atom is 0.131 e. The van der Waals surface area contributed by atoms with Crippen molar-refractivity contribution in [2.45, 2.75) is 87.1 Å². The first-order valence-electron chi connectivity index (χ1n) is 15.0. The first-order valence-corrected chi connectivity index (χ1v) is 15.0. The molecule has 1 unspecified atom stereocenters. The van der Waals surface area contributed by atoms with Gasteiger partial charge in [-0.3, -0.25) is 4.99 Å². The highest BCUT2D eigenvalue weighted by molar-refractivity contribution is 6.12. The monoisotopic (exact) mass is 558 g/mol. The Labute approximate surface area is 249 Å². The van der Waals surface area contributed by atoms with E-state index in [-0.39, 0.29) is 5.82 Å². The second-order valence-corrected chi connectivity index (χ2v) is 10.2. The molecule has 1 fully saturated rings. The van der Waals surface area contributed by atoms with Crippen LogP contribution in [0.1, 0.15) is 86.6 Å². The van der Waals surface area contributed by atoms with Crippen molar-refractivity contribution in [3.63, 3.8) is 0 Å². The molecule has 1 aliphatic heterocycles. The van der Waals surface area contributed by atoms with E-state index in [1.807, 2.05) is 68.6 Å². The van der Waals surface area contributed by atoms with Crippen LogP contribution in [-0.2, 0) is 0 Å². The van der Waals surface area contributed by atoms with E-state index in [2.05, 4.69) is 62.8 Å². The van der Waals surface area contributed by atoms with E-state index in [4.69, 9.17) is 5.26 Å². The molecule has 1 heterocycles. The SMILES string of the molecule is CC/C=C/C=C(C#N)\C=C(/C)CCC.C\C=C(C(/C(C)=N/C=C/CC)=C(/C)N1CCNCC1C)\c1ccccc1F. The van der Waals surface area contributed by atoms with Crippen LogP contribution in [-0.4, -0.2) is 36.3 Å². The number of benzene rings is 1. The maximum atomic E-state index is 14.6. The van der Waals surface area contributed by atoms with Gasteiger partial charge in [-0.15, -0.1) is 0 Å². The molecule has 0 saturated carbocycles. The molecule has 0 spiro atoms. The number of allylic oxidation sites excluding steroid dienone is 11. The Morgan fingerprint density at radius 1 is 1.15 bits per heavy atom. The molecule has 1 saturated heterocycles. The minimum absolute atomic E-state index is 0.207. The van der Waals surface area contributed by atoms with E-state index in [0.717, 1.165) is 73.4 Å². The third-order valence-electron chi connectivity index (χ3n) is 6.81. The zero-order chi connectivity index (χ0) is 30.6. The van der Waals surface area contributed by atoms with Gasteiger partial charge in [-0.2, -0.15) is 5.26 Å². The van der Waals surface area contributed by atoms with Gasteiger partial charge in [0.15, 0.2) is 0 Å². The van der Waals surface area contributed by atoms with Crippen molar-refractivity contribution < 1.29 is 4.39 Å². The van der Waals surface area contributed by atoms with Gasteiger partial charge in [0.25, 0.3) is 0 Å². The molecule has 0 bridgehead atoms. The van der Waals surface area contributed by atoms with E-state index in [1.165, 1.54) is 11.6 Å². The van der Waals surface area contributed by atoms with Gasteiger partial charge in [-0.1, -0.05) is 75.3 Å². The van der Waals surface area contributed by atoms with Gasteiger partial charge in [0.1, 0.15) is 5.82 Å². The van der Waals surface area contributed by atoms with Crippen LogP contribution in [0.2, 0.25) is 0 Å². The summed E-state index contributed by atoms with van der Waals surface area (Å²) >= 11 is 0. The first kappa shape index (κ1) is 35.5. The summed E-state index contributed by atoms with van der Waals surface area (Å²) in [5.41, 5.74) is 6.57. The summed E-state index contributed by atoms with van der Waals surface area (Å²) in [5, 5.41) is 12.3. The molecule has 1 aliphatic rings. The summed E-state index contributed by atoms with van der Waals surface area (Å²) in [4.78, 5) is 7.05. The van der Waals surface area contributed by atoms with Crippen LogP contribution in [0.3, 0.4) is 0 Å².